The fraction of sp³-hybridized carbons (Fsp3) is 0.385. The van der Waals surface area contributed by atoms with E-state index in [0.717, 1.165) is 0 Å². The molecule has 0 spiro atoms. The summed E-state index contributed by atoms with van der Waals surface area (Å²) in [6, 6.07) is 3.21. The summed E-state index contributed by atoms with van der Waals surface area (Å²) >= 11 is 9.19. The first-order valence-corrected chi connectivity index (χ1v) is 6.91. The maximum Gasteiger partial charge on any atom is 0.308 e. The summed E-state index contributed by atoms with van der Waals surface area (Å²) in [6.45, 7) is 0. The van der Waals surface area contributed by atoms with Gasteiger partial charge in [-0.25, -0.2) is 0 Å². The van der Waals surface area contributed by atoms with Crippen LogP contribution in [0.5, 0.6) is 5.75 Å². The third-order valence-electron chi connectivity index (χ3n) is 3.10. The molecule has 0 unspecified atom stereocenters. The Labute approximate surface area is 124 Å². The van der Waals surface area contributed by atoms with Crippen molar-refractivity contribution in [3.05, 3.63) is 27.2 Å². The standard InChI is InChI=1S/C13H12BrClO4/c1-18-13(17)7-2-9(3-7)19-12-5-10(14)11(15)4-8(12)6-16/h4-7,9H,2-3H2,1H3. The van der Waals surface area contributed by atoms with Crippen LogP contribution in [0.15, 0.2) is 16.6 Å². The highest BCUT2D eigenvalue weighted by molar-refractivity contribution is 9.10. The normalized spacial score (nSPS) is 21.4. The number of rotatable bonds is 4. The van der Waals surface area contributed by atoms with Crippen LogP contribution >= 0.6 is 27.5 Å². The number of ether oxygens (including phenoxy) is 2. The molecular weight excluding hydrogens is 335 g/mol. The fourth-order valence-electron chi connectivity index (χ4n) is 1.94. The minimum absolute atomic E-state index is 0.0733. The van der Waals surface area contributed by atoms with Crippen molar-refractivity contribution in [1.29, 1.82) is 0 Å². The average molecular weight is 348 g/mol. The quantitative estimate of drug-likeness (QED) is 0.620. The van der Waals surface area contributed by atoms with Gasteiger partial charge in [-0.05, 0) is 40.9 Å². The predicted molar refractivity (Wildman–Crippen MR) is 73.7 cm³/mol. The van der Waals surface area contributed by atoms with Crippen molar-refractivity contribution < 1.29 is 19.1 Å². The molecule has 1 aliphatic rings. The number of hydrogen-bond acceptors (Lipinski definition) is 4. The molecule has 0 bridgehead atoms. The molecule has 2 rings (SSSR count). The molecule has 0 saturated heterocycles. The molecule has 0 N–H and O–H groups in total. The number of carbonyl (C=O) groups excluding carboxylic acids is 2. The van der Waals surface area contributed by atoms with Crippen LogP contribution in [0.25, 0.3) is 0 Å². The lowest BCUT2D eigenvalue weighted by Gasteiger charge is -2.33. The summed E-state index contributed by atoms with van der Waals surface area (Å²) in [5, 5.41) is 0.454. The van der Waals surface area contributed by atoms with E-state index in [2.05, 4.69) is 20.7 Å². The van der Waals surface area contributed by atoms with Gasteiger partial charge < -0.3 is 9.47 Å². The molecule has 0 aromatic heterocycles. The zero-order valence-corrected chi connectivity index (χ0v) is 12.5. The van der Waals surface area contributed by atoms with Gasteiger partial charge in [0.15, 0.2) is 6.29 Å². The molecule has 1 aromatic carbocycles. The highest BCUT2D eigenvalue weighted by atomic mass is 79.9. The third-order valence-corrected chi connectivity index (χ3v) is 4.30. The van der Waals surface area contributed by atoms with Crippen LogP contribution in [0.1, 0.15) is 23.2 Å². The van der Waals surface area contributed by atoms with Crippen molar-refractivity contribution in [3.63, 3.8) is 0 Å². The van der Waals surface area contributed by atoms with Crippen LogP contribution in [-0.4, -0.2) is 25.5 Å². The van der Waals surface area contributed by atoms with E-state index in [1.54, 1.807) is 12.1 Å². The van der Waals surface area contributed by atoms with Crippen LogP contribution in [0, 0.1) is 5.92 Å². The minimum Gasteiger partial charge on any atom is -0.490 e. The maximum atomic E-state index is 11.3. The Hall–Kier alpha value is -1.07. The van der Waals surface area contributed by atoms with Gasteiger partial charge in [-0.15, -0.1) is 0 Å². The summed E-state index contributed by atoms with van der Waals surface area (Å²) in [4.78, 5) is 22.2. The lowest BCUT2D eigenvalue weighted by Crippen LogP contribution is -2.39. The number of esters is 1. The van der Waals surface area contributed by atoms with Crippen molar-refractivity contribution >= 4 is 39.8 Å². The van der Waals surface area contributed by atoms with Crippen LogP contribution in [0.4, 0.5) is 0 Å². The molecule has 1 saturated carbocycles. The maximum absolute atomic E-state index is 11.3. The van der Waals surface area contributed by atoms with Crippen molar-refractivity contribution in [1.82, 2.24) is 0 Å². The van der Waals surface area contributed by atoms with E-state index in [-0.39, 0.29) is 18.0 Å². The second-order valence-corrected chi connectivity index (χ2v) is 5.61. The highest BCUT2D eigenvalue weighted by Gasteiger charge is 2.37. The SMILES string of the molecule is COC(=O)C1CC(Oc2cc(Br)c(Cl)cc2C=O)C1. The van der Waals surface area contributed by atoms with Crippen molar-refractivity contribution in [2.24, 2.45) is 5.92 Å². The van der Waals surface area contributed by atoms with Gasteiger partial charge in [0, 0.05) is 4.47 Å². The van der Waals surface area contributed by atoms with E-state index < -0.39 is 0 Å². The van der Waals surface area contributed by atoms with Crippen LogP contribution in [0.3, 0.4) is 0 Å². The highest BCUT2D eigenvalue weighted by Crippen LogP contribution is 2.36. The Bertz CT molecular complexity index is 512. The third kappa shape index (κ3) is 3.09. The van der Waals surface area contributed by atoms with E-state index >= 15 is 0 Å². The van der Waals surface area contributed by atoms with E-state index in [0.29, 0.717) is 39.9 Å². The minimum atomic E-state index is -0.215. The molecule has 4 nitrogen and oxygen atoms in total. The fourth-order valence-corrected chi connectivity index (χ4v) is 2.43. The predicted octanol–water partition coefficient (Wildman–Crippen LogP) is 3.25. The van der Waals surface area contributed by atoms with Gasteiger partial charge in [0.05, 0.1) is 23.6 Å². The van der Waals surface area contributed by atoms with Crippen LogP contribution < -0.4 is 4.74 Å². The number of halogens is 2. The Morgan fingerprint density at radius 2 is 2.16 bits per heavy atom. The van der Waals surface area contributed by atoms with Gasteiger partial charge in [0.2, 0.25) is 0 Å². The van der Waals surface area contributed by atoms with Gasteiger partial charge in [0.1, 0.15) is 11.9 Å². The van der Waals surface area contributed by atoms with Gasteiger partial charge >= 0.3 is 5.97 Å². The largest absolute Gasteiger partial charge is 0.490 e. The molecular formula is C13H12BrClO4. The molecule has 1 fully saturated rings. The first kappa shape index (κ1) is 14.3. The zero-order valence-electron chi connectivity index (χ0n) is 10.2. The first-order chi connectivity index (χ1) is 9.05. The van der Waals surface area contributed by atoms with Crippen LogP contribution in [0.2, 0.25) is 5.02 Å². The lowest BCUT2D eigenvalue weighted by molar-refractivity contribution is -0.151. The smallest absolute Gasteiger partial charge is 0.308 e. The van der Waals surface area contributed by atoms with Gasteiger partial charge in [-0.1, -0.05) is 11.6 Å². The Kier molecular flexibility index (Phi) is 4.47. The second kappa shape index (κ2) is 5.92. The Morgan fingerprint density at radius 3 is 2.74 bits per heavy atom. The monoisotopic (exact) mass is 346 g/mol. The van der Waals surface area contributed by atoms with Gasteiger partial charge in [-0.3, -0.25) is 9.59 Å². The molecule has 0 aliphatic heterocycles. The molecule has 0 atom stereocenters. The first-order valence-electron chi connectivity index (χ1n) is 5.74. The molecule has 1 aromatic rings. The number of hydrogen-bond donors (Lipinski definition) is 0. The molecule has 0 heterocycles. The summed E-state index contributed by atoms with van der Waals surface area (Å²) in [5.74, 6) is 0.151. The number of aldehydes is 1. The van der Waals surface area contributed by atoms with E-state index in [1.807, 2.05) is 0 Å². The van der Waals surface area contributed by atoms with Crippen molar-refractivity contribution in [3.8, 4) is 5.75 Å². The molecule has 0 radical (unpaired) electrons. The summed E-state index contributed by atoms with van der Waals surface area (Å²) in [6.07, 6.45) is 1.83. The van der Waals surface area contributed by atoms with Gasteiger partial charge in [0.25, 0.3) is 0 Å². The summed E-state index contributed by atoms with van der Waals surface area (Å²) in [5.41, 5.74) is 0.398. The molecule has 1 aliphatic carbocycles. The van der Waals surface area contributed by atoms with E-state index in [1.165, 1.54) is 7.11 Å². The van der Waals surface area contributed by atoms with E-state index in [9.17, 15) is 9.59 Å². The lowest BCUT2D eigenvalue weighted by atomic mass is 9.82. The topological polar surface area (TPSA) is 52.6 Å². The Morgan fingerprint density at radius 1 is 1.47 bits per heavy atom. The summed E-state index contributed by atoms with van der Waals surface area (Å²) < 4.78 is 11.0. The van der Waals surface area contributed by atoms with E-state index in [4.69, 9.17) is 16.3 Å². The van der Waals surface area contributed by atoms with Crippen LogP contribution in [-0.2, 0) is 9.53 Å². The molecule has 19 heavy (non-hydrogen) atoms. The number of benzene rings is 1. The van der Waals surface area contributed by atoms with Crippen molar-refractivity contribution in [2.45, 2.75) is 18.9 Å². The molecule has 6 heteroatoms. The second-order valence-electron chi connectivity index (χ2n) is 4.35. The zero-order chi connectivity index (χ0) is 14.0. The van der Waals surface area contributed by atoms with Crippen molar-refractivity contribution in [2.75, 3.05) is 7.11 Å². The average Bonchev–Trinajstić information content (AvgIpc) is 2.36. The molecule has 102 valence electrons. The van der Waals surface area contributed by atoms with Gasteiger partial charge in [-0.2, -0.15) is 0 Å². The number of carbonyl (C=O) groups is 2. The summed E-state index contributed by atoms with van der Waals surface area (Å²) in [7, 11) is 1.37. The Balaban J connectivity index is 2.03. The number of methoxy groups -OCH3 is 1. The molecule has 0 amide bonds.